The molecule has 0 amide bonds. The Labute approximate surface area is 108 Å². The van der Waals surface area contributed by atoms with Crippen molar-refractivity contribution in [2.45, 2.75) is 6.92 Å². The van der Waals surface area contributed by atoms with Gasteiger partial charge in [0.15, 0.2) is 0 Å². The summed E-state index contributed by atoms with van der Waals surface area (Å²) in [5.41, 5.74) is 11.1. The van der Waals surface area contributed by atoms with E-state index in [0.29, 0.717) is 0 Å². The highest BCUT2D eigenvalue weighted by atomic mass is 15.1. The summed E-state index contributed by atoms with van der Waals surface area (Å²) in [6.45, 7) is 2.06. The van der Waals surface area contributed by atoms with Crippen LogP contribution in [0.3, 0.4) is 0 Å². The van der Waals surface area contributed by atoms with Crippen LogP contribution in [0.1, 0.15) is 5.56 Å². The lowest BCUT2D eigenvalue weighted by atomic mass is 10.2. The van der Waals surface area contributed by atoms with Crippen LogP contribution in [0.15, 0.2) is 42.5 Å². The molecule has 3 N–H and O–H groups in total. The smallest absolute Gasteiger partial charge is 0.0620 e. The fourth-order valence-electron chi connectivity index (χ4n) is 1.78. The van der Waals surface area contributed by atoms with E-state index in [4.69, 9.17) is 5.73 Å². The number of nitrogen functional groups attached to an aromatic ring is 1. The minimum Gasteiger partial charge on any atom is -0.397 e. The fraction of sp³-hybridized carbons (Fsp3) is 0.200. The maximum absolute atomic E-state index is 5.94. The average Bonchev–Trinajstić information content (AvgIpc) is 2.34. The molecule has 0 saturated carbocycles. The Hall–Kier alpha value is -2.16. The molecule has 0 aliphatic heterocycles. The summed E-state index contributed by atoms with van der Waals surface area (Å²) >= 11 is 0. The van der Waals surface area contributed by atoms with Crippen LogP contribution in [0.4, 0.5) is 22.7 Å². The molecule has 0 saturated heterocycles. The Morgan fingerprint density at radius 3 is 2.28 bits per heavy atom. The van der Waals surface area contributed by atoms with Crippen LogP contribution in [0.5, 0.6) is 0 Å². The summed E-state index contributed by atoms with van der Waals surface area (Å²) in [7, 11) is 4.06. The molecular formula is C15H19N3. The van der Waals surface area contributed by atoms with Gasteiger partial charge in [0.2, 0.25) is 0 Å². The largest absolute Gasteiger partial charge is 0.397 e. The van der Waals surface area contributed by atoms with Gasteiger partial charge in [-0.3, -0.25) is 0 Å². The van der Waals surface area contributed by atoms with Crippen molar-refractivity contribution in [3.63, 3.8) is 0 Å². The van der Waals surface area contributed by atoms with Gasteiger partial charge < -0.3 is 16.0 Å². The van der Waals surface area contributed by atoms with Crippen molar-refractivity contribution >= 4 is 22.7 Å². The maximum atomic E-state index is 5.94. The second-order valence-corrected chi connectivity index (χ2v) is 4.66. The minimum atomic E-state index is 0.761. The van der Waals surface area contributed by atoms with Gasteiger partial charge in [-0.1, -0.05) is 6.07 Å². The van der Waals surface area contributed by atoms with Gasteiger partial charge in [-0.2, -0.15) is 0 Å². The van der Waals surface area contributed by atoms with Crippen molar-refractivity contribution in [2.75, 3.05) is 30.0 Å². The van der Waals surface area contributed by atoms with E-state index in [1.165, 1.54) is 11.3 Å². The molecule has 3 nitrogen and oxygen atoms in total. The molecule has 2 aromatic rings. The van der Waals surface area contributed by atoms with Crippen LogP contribution in [-0.4, -0.2) is 14.1 Å². The van der Waals surface area contributed by atoms with Crippen molar-refractivity contribution in [3.05, 3.63) is 48.0 Å². The maximum Gasteiger partial charge on any atom is 0.0620 e. The zero-order valence-corrected chi connectivity index (χ0v) is 11.1. The number of nitrogens with zero attached hydrogens (tertiary/aromatic N) is 1. The minimum absolute atomic E-state index is 0.761. The van der Waals surface area contributed by atoms with E-state index in [9.17, 15) is 0 Å². The number of nitrogens with one attached hydrogen (secondary N) is 1. The standard InChI is InChI=1S/C15H19N3/c1-11-4-9-14(16)15(10-11)17-12-5-7-13(8-6-12)18(2)3/h4-10,17H,16H2,1-3H3. The number of hydrogen-bond donors (Lipinski definition) is 2. The Morgan fingerprint density at radius 1 is 1.00 bits per heavy atom. The fourth-order valence-corrected chi connectivity index (χ4v) is 1.78. The van der Waals surface area contributed by atoms with E-state index in [1.54, 1.807) is 0 Å². The van der Waals surface area contributed by atoms with Gasteiger partial charge in [0.05, 0.1) is 11.4 Å². The van der Waals surface area contributed by atoms with Gasteiger partial charge in [-0.05, 0) is 48.9 Å². The Bertz CT molecular complexity index is 530. The molecule has 0 aliphatic rings. The Balaban J connectivity index is 2.21. The normalized spacial score (nSPS) is 10.2. The molecule has 0 unspecified atom stereocenters. The molecule has 3 heteroatoms. The molecule has 94 valence electrons. The molecule has 0 fully saturated rings. The Morgan fingerprint density at radius 2 is 1.67 bits per heavy atom. The molecule has 0 heterocycles. The van der Waals surface area contributed by atoms with Gasteiger partial charge in [-0.15, -0.1) is 0 Å². The van der Waals surface area contributed by atoms with Crippen LogP contribution >= 0.6 is 0 Å². The highest BCUT2D eigenvalue weighted by Crippen LogP contribution is 2.25. The molecule has 0 aliphatic carbocycles. The molecule has 0 spiro atoms. The van der Waals surface area contributed by atoms with Gasteiger partial charge in [-0.25, -0.2) is 0 Å². The van der Waals surface area contributed by atoms with E-state index < -0.39 is 0 Å². The average molecular weight is 241 g/mol. The molecule has 2 aromatic carbocycles. The van der Waals surface area contributed by atoms with Gasteiger partial charge in [0.1, 0.15) is 0 Å². The second-order valence-electron chi connectivity index (χ2n) is 4.66. The predicted molar refractivity (Wildman–Crippen MR) is 79.6 cm³/mol. The number of benzene rings is 2. The first-order valence-corrected chi connectivity index (χ1v) is 5.97. The summed E-state index contributed by atoms with van der Waals surface area (Å²) in [6.07, 6.45) is 0. The highest BCUT2D eigenvalue weighted by Gasteiger charge is 2.01. The molecule has 2 rings (SSSR count). The van der Waals surface area contributed by atoms with Crippen molar-refractivity contribution in [2.24, 2.45) is 0 Å². The third-order valence-corrected chi connectivity index (χ3v) is 2.87. The first kappa shape index (κ1) is 12.3. The third kappa shape index (κ3) is 2.74. The Kier molecular flexibility index (Phi) is 3.42. The summed E-state index contributed by atoms with van der Waals surface area (Å²) in [5, 5.41) is 3.34. The molecular weight excluding hydrogens is 222 g/mol. The number of rotatable bonds is 3. The van der Waals surface area contributed by atoms with Crippen molar-refractivity contribution in [1.82, 2.24) is 0 Å². The van der Waals surface area contributed by atoms with Crippen LogP contribution in [0.2, 0.25) is 0 Å². The lowest BCUT2D eigenvalue weighted by Gasteiger charge is -2.14. The lowest BCUT2D eigenvalue weighted by molar-refractivity contribution is 1.13. The number of nitrogens with two attached hydrogens (primary N) is 1. The second kappa shape index (κ2) is 5.00. The van der Waals surface area contributed by atoms with E-state index in [0.717, 1.165) is 17.1 Å². The first-order chi connectivity index (χ1) is 8.56. The van der Waals surface area contributed by atoms with Crippen LogP contribution in [-0.2, 0) is 0 Å². The lowest BCUT2D eigenvalue weighted by Crippen LogP contribution is -2.08. The van der Waals surface area contributed by atoms with E-state index in [2.05, 4.69) is 47.5 Å². The monoisotopic (exact) mass is 241 g/mol. The summed E-state index contributed by atoms with van der Waals surface area (Å²) in [4.78, 5) is 2.07. The molecule has 0 radical (unpaired) electrons. The van der Waals surface area contributed by atoms with Crippen molar-refractivity contribution < 1.29 is 0 Å². The summed E-state index contributed by atoms with van der Waals surface area (Å²) < 4.78 is 0. The number of aryl methyl sites for hydroxylation is 1. The van der Waals surface area contributed by atoms with Gasteiger partial charge in [0.25, 0.3) is 0 Å². The summed E-state index contributed by atoms with van der Waals surface area (Å²) in [6, 6.07) is 14.2. The van der Waals surface area contributed by atoms with Gasteiger partial charge in [0, 0.05) is 25.5 Å². The van der Waals surface area contributed by atoms with Crippen LogP contribution in [0, 0.1) is 6.92 Å². The van der Waals surface area contributed by atoms with E-state index in [1.807, 2.05) is 26.2 Å². The quantitative estimate of drug-likeness (QED) is 0.809. The number of hydrogen-bond acceptors (Lipinski definition) is 3. The SMILES string of the molecule is Cc1ccc(N)c(Nc2ccc(N(C)C)cc2)c1. The molecule has 0 bridgehead atoms. The van der Waals surface area contributed by atoms with Crippen molar-refractivity contribution in [3.8, 4) is 0 Å². The molecule has 0 aromatic heterocycles. The predicted octanol–water partition coefficient (Wildman–Crippen LogP) is 3.39. The highest BCUT2D eigenvalue weighted by molar-refractivity contribution is 5.73. The first-order valence-electron chi connectivity index (χ1n) is 5.97. The zero-order valence-electron chi connectivity index (χ0n) is 11.1. The van der Waals surface area contributed by atoms with Gasteiger partial charge >= 0.3 is 0 Å². The van der Waals surface area contributed by atoms with E-state index >= 15 is 0 Å². The van der Waals surface area contributed by atoms with Crippen LogP contribution < -0.4 is 16.0 Å². The third-order valence-electron chi connectivity index (χ3n) is 2.87. The molecule has 18 heavy (non-hydrogen) atoms. The molecule has 0 atom stereocenters. The topological polar surface area (TPSA) is 41.3 Å². The van der Waals surface area contributed by atoms with E-state index in [-0.39, 0.29) is 0 Å². The summed E-state index contributed by atoms with van der Waals surface area (Å²) in [5.74, 6) is 0. The zero-order chi connectivity index (χ0) is 13.1. The number of anilines is 4. The van der Waals surface area contributed by atoms with Crippen LogP contribution in [0.25, 0.3) is 0 Å². The van der Waals surface area contributed by atoms with Crippen molar-refractivity contribution in [1.29, 1.82) is 0 Å².